The largest absolute Gasteiger partial charge is 0.307 e. The van der Waals surface area contributed by atoms with Gasteiger partial charge in [-0.05, 0) is 68.9 Å². The number of hydrogen-bond donors (Lipinski definition) is 1. The Balaban J connectivity index is 2.19. The summed E-state index contributed by atoms with van der Waals surface area (Å²) in [4.78, 5) is 16.1. The van der Waals surface area contributed by atoms with Crippen molar-refractivity contribution in [2.24, 2.45) is 0 Å². The van der Waals surface area contributed by atoms with Gasteiger partial charge in [0.05, 0.1) is 5.02 Å². The first-order valence-corrected chi connectivity index (χ1v) is 7.20. The van der Waals surface area contributed by atoms with Crippen LogP contribution in [0.1, 0.15) is 10.4 Å². The number of halogens is 3. The molecule has 0 aliphatic heterocycles. The number of amides is 1. The van der Waals surface area contributed by atoms with Crippen molar-refractivity contribution >= 4 is 61.8 Å². The number of rotatable bonds is 2. The molecule has 3 nitrogen and oxygen atoms in total. The third kappa shape index (κ3) is 3.43. The van der Waals surface area contributed by atoms with Crippen LogP contribution in [0.25, 0.3) is 0 Å². The summed E-state index contributed by atoms with van der Waals surface area (Å²) in [5.74, 6) is 0.253. The van der Waals surface area contributed by atoms with Crippen molar-refractivity contribution in [3.8, 4) is 0 Å². The minimum absolute atomic E-state index is 0.237. The molecule has 0 unspecified atom stereocenters. The summed E-state index contributed by atoms with van der Waals surface area (Å²) in [5, 5.41) is 3.27. The summed E-state index contributed by atoms with van der Waals surface area (Å²) in [7, 11) is 0. The average molecular weight is 437 g/mol. The van der Waals surface area contributed by atoms with Crippen LogP contribution in [0.15, 0.2) is 41.0 Å². The van der Waals surface area contributed by atoms with Crippen molar-refractivity contribution < 1.29 is 4.79 Å². The fourth-order valence-corrected chi connectivity index (χ4v) is 2.16. The van der Waals surface area contributed by atoms with E-state index in [4.69, 9.17) is 11.6 Å². The number of carbonyl (C=O) groups is 1. The molecule has 0 spiro atoms. The van der Waals surface area contributed by atoms with Gasteiger partial charge in [0.1, 0.15) is 10.4 Å². The van der Waals surface area contributed by atoms with Crippen LogP contribution in [0.3, 0.4) is 0 Å². The van der Waals surface area contributed by atoms with Gasteiger partial charge in [-0.3, -0.25) is 4.79 Å². The van der Waals surface area contributed by atoms with Gasteiger partial charge >= 0.3 is 0 Å². The number of carbonyl (C=O) groups excluding carboxylic acids is 1. The molecular weight excluding hydrogens is 430 g/mol. The highest BCUT2D eigenvalue weighted by Gasteiger charge is 2.08. The molecule has 92 valence electrons. The molecule has 1 N–H and O–H groups in total. The first-order valence-electron chi connectivity index (χ1n) is 4.95. The molecule has 2 rings (SSSR count). The number of nitrogens with one attached hydrogen (secondary N) is 1. The number of hydrogen-bond acceptors (Lipinski definition) is 2. The van der Waals surface area contributed by atoms with Crippen LogP contribution < -0.4 is 5.32 Å². The van der Waals surface area contributed by atoms with Crippen LogP contribution in [0.5, 0.6) is 0 Å². The third-order valence-corrected chi connectivity index (χ3v) is 4.15. The Hall–Kier alpha value is -0.660. The summed E-state index contributed by atoms with van der Waals surface area (Å²) in [6.07, 6.45) is 0. The quantitative estimate of drug-likeness (QED) is 0.561. The first kappa shape index (κ1) is 13.8. The lowest BCUT2D eigenvalue weighted by Crippen LogP contribution is -2.13. The van der Waals surface area contributed by atoms with E-state index in [1.165, 1.54) is 0 Å². The molecule has 2 aromatic rings. The second-order valence-corrected chi connectivity index (χ2v) is 5.81. The molecule has 1 aromatic heterocycles. The monoisotopic (exact) mass is 436 g/mol. The van der Waals surface area contributed by atoms with Gasteiger partial charge in [0.15, 0.2) is 0 Å². The predicted octanol–water partition coefficient (Wildman–Crippen LogP) is 4.35. The summed E-state index contributed by atoms with van der Waals surface area (Å²) in [5.41, 5.74) is 0.502. The van der Waals surface area contributed by atoms with E-state index in [2.05, 4.69) is 48.8 Å². The van der Waals surface area contributed by atoms with Gasteiger partial charge in [0.25, 0.3) is 5.91 Å². The van der Waals surface area contributed by atoms with E-state index in [0.717, 1.165) is 3.57 Å². The molecule has 0 saturated heterocycles. The Kier molecular flexibility index (Phi) is 4.58. The highest BCUT2D eigenvalue weighted by atomic mass is 127. The number of aromatic nitrogens is 1. The molecule has 1 aromatic carbocycles. The average Bonchev–Trinajstić information content (AvgIpc) is 2.32. The van der Waals surface area contributed by atoms with E-state index in [1.54, 1.807) is 36.4 Å². The maximum atomic E-state index is 12.0. The van der Waals surface area contributed by atoms with E-state index in [1.807, 2.05) is 0 Å². The van der Waals surface area contributed by atoms with E-state index in [-0.39, 0.29) is 5.91 Å². The zero-order valence-corrected chi connectivity index (χ0v) is 13.5. The van der Waals surface area contributed by atoms with Crippen molar-refractivity contribution in [3.63, 3.8) is 0 Å². The predicted molar refractivity (Wildman–Crippen MR) is 84.1 cm³/mol. The third-order valence-electron chi connectivity index (χ3n) is 2.14. The SMILES string of the molecule is O=C(Nc1cccc(Br)n1)c1ccc(I)c(Cl)c1. The van der Waals surface area contributed by atoms with Gasteiger partial charge in [-0.25, -0.2) is 4.98 Å². The smallest absolute Gasteiger partial charge is 0.256 e. The van der Waals surface area contributed by atoms with E-state index in [0.29, 0.717) is 21.0 Å². The first-order chi connectivity index (χ1) is 8.56. The Morgan fingerprint density at radius 2 is 2.11 bits per heavy atom. The van der Waals surface area contributed by atoms with Gasteiger partial charge in [-0.15, -0.1) is 0 Å². The molecule has 0 fully saturated rings. The number of anilines is 1. The zero-order chi connectivity index (χ0) is 13.1. The van der Waals surface area contributed by atoms with Crippen molar-refractivity contribution in [1.29, 1.82) is 0 Å². The lowest BCUT2D eigenvalue weighted by Gasteiger charge is -2.05. The molecule has 1 amide bonds. The van der Waals surface area contributed by atoms with Gasteiger partial charge in [0, 0.05) is 9.13 Å². The topological polar surface area (TPSA) is 42.0 Å². The summed E-state index contributed by atoms with van der Waals surface area (Å²) in [6, 6.07) is 10.5. The van der Waals surface area contributed by atoms with E-state index in [9.17, 15) is 4.79 Å². The van der Waals surface area contributed by atoms with E-state index >= 15 is 0 Å². The Bertz CT molecular complexity index is 606. The van der Waals surface area contributed by atoms with Gasteiger partial charge in [0.2, 0.25) is 0 Å². The van der Waals surface area contributed by atoms with E-state index < -0.39 is 0 Å². The van der Waals surface area contributed by atoms with Crippen LogP contribution in [0.4, 0.5) is 5.82 Å². The second kappa shape index (κ2) is 5.99. The Morgan fingerprint density at radius 3 is 2.78 bits per heavy atom. The number of pyridine rings is 1. The highest BCUT2D eigenvalue weighted by molar-refractivity contribution is 14.1. The fourth-order valence-electron chi connectivity index (χ4n) is 1.30. The van der Waals surface area contributed by atoms with Crippen LogP contribution in [0.2, 0.25) is 5.02 Å². The minimum atomic E-state index is -0.237. The lowest BCUT2D eigenvalue weighted by atomic mass is 10.2. The molecule has 0 radical (unpaired) electrons. The molecule has 0 aliphatic carbocycles. The van der Waals surface area contributed by atoms with Gasteiger partial charge < -0.3 is 5.32 Å². The maximum absolute atomic E-state index is 12.0. The van der Waals surface area contributed by atoms with Crippen molar-refractivity contribution in [2.45, 2.75) is 0 Å². The normalized spacial score (nSPS) is 10.2. The molecule has 0 aliphatic rings. The van der Waals surface area contributed by atoms with Gasteiger partial charge in [-0.2, -0.15) is 0 Å². The van der Waals surface area contributed by atoms with Crippen LogP contribution in [0, 0.1) is 3.57 Å². The molecule has 6 heteroatoms. The maximum Gasteiger partial charge on any atom is 0.256 e. The molecule has 1 heterocycles. The molecular formula is C12H7BrClIN2O. The summed E-state index contributed by atoms with van der Waals surface area (Å²) in [6.45, 7) is 0. The van der Waals surface area contributed by atoms with Crippen molar-refractivity contribution in [3.05, 3.63) is 55.2 Å². The highest BCUT2D eigenvalue weighted by Crippen LogP contribution is 2.20. The summed E-state index contributed by atoms with van der Waals surface area (Å²) < 4.78 is 1.58. The lowest BCUT2D eigenvalue weighted by molar-refractivity contribution is 0.102. The number of benzene rings is 1. The van der Waals surface area contributed by atoms with Crippen LogP contribution in [-0.4, -0.2) is 10.9 Å². The van der Waals surface area contributed by atoms with Crippen LogP contribution >= 0.6 is 50.1 Å². The molecule has 18 heavy (non-hydrogen) atoms. The van der Waals surface area contributed by atoms with Crippen LogP contribution in [-0.2, 0) is 0 Å². The minimum Gasteiger partial charge on any atom is -0.307 e. The van der Waals surface area contributed by atoms with Crippen molar-refractivity contribution in [2.75, 3.05) is 5.32 Å². The van der Waals surface area contributed by atoms with Crippen molar-refractivity contribution in [1.82, 2.24) is 4.98 Å². The standard InChI is InChI=1S/C12H7BrClIN2O/c13-10-2-1-3-11(16-10)17-12(18)7-4-5-9(15)8(14)6-7/h1-6H,(H,16,17,18). The Labute approximate surface area is 131 Å². The molecule has 0 atom stereocenters. The fraction of sp³-hybridized carbons (Fsp3) is 0. The Morgan fingerprint density at radius 1 is 1.33 bits per heavy atom. The zero-order valence-electron chi connectivity index (χ0n) is 8.95. The number of nitrogens with zero attached hydrogens (tertiary/aromatic N) is 1. The molecule has 0 saturated carbocycles. The molecule has 0 bridgehead atoms. The van der Waals surface area contributed by atoms with Gasteiger partial charge in [-0.1, -0.05) is 17.7 Å². The second-order valence-electron chi connectivity index (χ2n) is 3.43. The summed E-state index contributed by atoms with van der Waals surface area (Å²) >= 11 is 11.3.